The molecule has 0 spiro atoms. The number of carboxylic acid groups (broad SMARTS) is 1. The summed E-state index contributed by atoms with van der Waals surface area (Å²) in [6, 6.07) is 23.4. The number of aliphatic carboxylic acids is 1. The Balaban J connectivity index is 1.39. The third-order valence-electron chi connectivity index (χ3n) is 7.08. The third-order valence-corrected chi connectivity index (χ3v) is 7.08. The summed E-state index contributed by atoms with van der Waals surface area (Å²) in [4.78, 5) is 27.7. The largest absolute Gasteiger partial charge is 0.489 e. The van der Waals surface area contributed by atoms with Crippen LogP contribution in [-0.4, -0.2) is 45.3 Å². The molecule has 0 saturated heterocycles. The normalized spacial score (nSPS) is 21.4. The number of carbonyl (C=O) groups is 2. The van der Waals surface area contributed by atoms with E-state index in [2.05, 4.69) is 5.48 Å². The van der Waals surface area contributed by atoms with Crippen molar-refractivity contribution >= 4 is 11.9 Å². The first-order valence-corrected chi connectivity index (χ1v) is 12.4. The molecule has 0 radical (unpaired) electrons. The van der Waals surface area contributed by atoms with Crippen molar-refractivity contribution in [2.75, 3.05) is 0 Å². The minimum Gasteiger partial charge on any atom is -0.489 e. The van der Waals surface area contributed by atoms with E-state index in [9.17, 15) is 14.7 Å². The number of benzene rings is 3. The van der Waals surface area contributed by atoms with Crippen LogP contribution in [0, 0.1) is 0 Å². The molecule has 5 rings (SSSR count). The van der Waals surface area contributed by atoms with Gasteiger partial charge in [-0.25, -0.2) is 10.3 Å². The molecule has 2 unspecified atom stereocenters. The van der Waals surface area contributed by atoms with Crippen LogP contribution in [0.1, 0.15) is 41.2 Å². The molecule has 1 saturated carbocycles. The number of rotatable bonds is 9. The molecule has 8 nitrogen and oxygen atoms in total. The molecule has 1 aliphatic carbocycles. The fourth-order valence-electron chi connectivity index (χ4n) is 4.94. The molecule has 1 heterocycles. The van der Waals surface area contributed by atoms with Gasteiger partial charge in [-0.3, -0.25) is 4.79 Å². The Labute approximate surface area is 215 Å². The maximum Gasteiger partial charge on any atom is 0.326 e. The van der Waals surface area contributed by atoms with Gasteiger partial charge in [-0.15, -0.1) is 0 Å². The first kappa shape index (κ1) is 25.0. The summed E-state index contributed by atoms with van der Waals surface area (Å²) >= 11 is 0. The summed E-state index contributed by atoms with van der Waals surface area (Å²) in [5, 5.41) is 19.3. The second kappa shape index (κ2) is 11.1. The molecule has 3 N–H and O–H groups in total. The van der Waals surface area contributed by atoms with E-state index >= 15 is 0 Å². The average Bonchev–Trinajstić information content (AvgIpc) is 2.91. The Bertz CT molecular complexity index is 1230. The Kier molecular flexibility index (Phi) is 7.50. The lowest BCUT2D eigenvalue weighted by Crippen LogP contribution is -2.52. The minimum absolute atomic E-state index is 0.0699. The summed E-state index contributed by atoms with van der Waals surface area (Å²) < 4.78 is 12.3. The van der Waals surface area contributed by atoms with E-state index in [4.69, 9.17) is 14.7 Å². The van der Waals surface area contributed by atoms with Gasteiger partial charge in [-0.2, -0.15) is 0 Å². The quantitative estimate of drug-likeness (QED) is 0.381. The van der Waals surface area contributed by atoms with Gasteiger partial charge in [0, 0.05) is 24.6 Å². The van der Waals surface area contributed by atoms with Crippen molar-refractivity contribution in [2.24, 2.45) is 0 Å². The van der Waals surface area contributed by atoms with Crippen molar-refractivity contribution in [1.82, 2.24) is 10.4 Å². The number of nitrogens with zero attached hydrogens (tertiary/aromatic N) is 1. The molecule has 0 bridgehead atoms. The lowest BCUT2D eigenvalue weighted by molar-refractivity contribution is -0.164. The van der Waals surface area contributed by atoms with Gasteiger partial charge in [0.05, 0.1) is 6.10 Å². The van der Waals surface area contributed by atoms with E-state index in [0.29, 0.717) is 30.8 Å². The van der Waals surface area contributed by atoms with E-state index in [0.717, 1.165) is 16.7 Å². The zero-order valence-corrected chi connectivity index (χ0v) is 20.3. The van der Waals surface area contributed by atoms with Crippen LogP contribution in [0.15, 0.2) is 78.9 Å². The van der Waals surface area contributed by atoms with Gasteiger partial charge in [0.25, 0.3) is 5.91 Å². The Morgan fingerprint density at radius 3 is 2.35 bits per heavy atom. The van der Waals surface area contributed by atoms with E-state index in [1.165, 1.54) is 4.90 Å². The number of amides is 1. The van der Waals surface area contributed by atoms with Crippen molar-refractivity contribution in [2.45, 2.75) is 56.7 Å². The molecule has 8 heteroatoms. The molecule has 0 aromatic heterocycles. The SMILES string of the molecule is O=C(O)C1Cc2c(cccc2OCc2ccccc2)CN1C(=O)C(OC1CC(NO)C1)c1ccccc1. The second-order valence-corrected chi connectivity index (χ2v) is 9.54. The van der Waals surface area contributed by atoms with Gasteiger partial charge in [0.15, 0.2) is 6.10 Å². The van der Waals surface area contributed by atoms with Crippen LogP contribution in [0.4, 0.5) is 0 Å². The summed E-state index contributed by atoms with van der Waals surface area (Å²) in [6.07, 6.45) is 0.132. The molecular formula is C29H30N2O6. The second-order valence-electron chi connectivity index (χ2n) is 9.54. The van der Waals surface area contributed by atoms with Crippen LogP contribution in [0.3, 0.4) is 0 Å². The van der Waals surface area contributed by atoms with Crippen molar-refractivity contribution in [3.05, 3.63) is 101 Å². The van der Waals surface area contributed by atoms with Crippen LogP contribution < -0.4 is 10.2 Å². The molecule has 3 aromatic rings. The van der Waals surface area contributed by atoms with Crippen LogP contribution >= 0.6 is 0 Å². The minimum atomic E-state index is -1.07. The fourth-order valence-corrected chi connectivity index (χ4v) is 4.94. The van der Waals surface area contributed by atoms with Crippen LogP contribution in [0.5, 0.6) is 5.75 Å². The monoisotopic (exact) mass is 502 g/mol. The number of carboxylic acids is 1. The van der Waals surface area contributed by atoms with E-state index in [1.807, 2.05) is 78.9 Å². The maximum absolute atomic E-state index is 13.9. The topological polar surface area (TPSA) is 108 Å². The zero-order valence-electron chi connectivity index (χ0n) is 20.3. The summed E-state index contributed by atoms with van der Waals surface area (Å²) in [7, 11) is 0. The highest BCUT2D eigenvalue weighted by atomic mass is 16.5. The van der Waals surface area contributed by atoms with Gasteiger partial charge in [-0.1, -0.05) is 72.8 Å². The van der Waals surface area contributed by atoms with Crippen molar-refractivity contribution < 1.29 is 29.4 Å². The standard InChI is InChI=1S/C29H30N2O6/c32-28(27(20-10-5-2-6-11-20)37-23-14-22(15-23)30-35)31-17-21-12-7-13-26(24(21)16-25(31)29(33)34)36-18-19-8-3-1-4-9-19/h1-13,22-23,25,27,30,35H,14-18H2,(H,33,34). The van der Waals surface area contributed by atoms with Crippen molar-refractivity contribution in [1.29, 1.82) is 0 Å². The predicted molar refractivity (Wildman–Crippen MR) is 135 cm³/mol. The number of hydrogen-bond donors (Lipinski definition) is 3. The molecule has 1 fully saturated rings. The van der Waals surface area contributed by atoms with E-state index in [1.54, 1.807) is 0 Å². The Morgan fingerprint density at radius 2 is 1.68 bits per heavy atom. The van der Waals surface area contributed by atoms with Crippen molar-refractivity contribution in [3.63, 3.8) is 0 Å². The van der Waals surface area contributed by atoms with Gasteiger partial charge in [0.1, 0.15) is 18.4 Å². The van der Waals surface area contributed by atoms with Crippen LogP contribution in [-0.2, 0) is 33.9 Å². The number of hydroxylamine groups is 1. The Morgan fingerprint density at radius 1 is 0.973 bits per heavy atom. The molecule has 3 aromatic carbocycles. The maximum atomic E-state index is 13.9. The number of fused-ring (bicyclic) bond motifs is 1. The summed E-state index contributed by atoms with van der Waals surface area (Å²) in [6.45, 7) is 0.512. The number of ether oxygens (including phenoxy) is 2. The third kappa shape index (κ3) is 5.51. The predicted octanol–water partition coefficient (Wildman–Crippen LogP) is 3.87. The molecular weight excluding hydrogens is 472 g/mol. The van der Waals surface area contributed by atoms with Gasteiger partial charge in [-0.05, 0) is 35.6 Å². The molecule has 1 aliphatic heterocycles. The fraction of sp³-hybridized carbons (Fsp3) is 0.310. The summed E-state index contributed by atoms with van der Waals surface area (Å²) in [5.74, 6) is -0.829. The lowest BCUT2D eigenvalue weighted by Gasteiger charge is -2.40. The zero-order chi connectivity index (χ0) is 25.8. The van der Waals surface area contributed by atoms with E-state index < -0.39 is 18.1 Å². The van der Waals surface area contributed by atoms with Gasteiger partial charge >= 0.3 is 5.97 Å². The highest BCUT2D eigenvalue weighted by Crippen LogP contribution is 2.36. The lowest BCUT2D eigenvalue weighted by atomic mass is 9.89. The number of carbonyl (C=O) groups excluding carboxylic acids is 1. The molecule has 1 amide bonds. The first-order chi connectivity index (χ1) is 18.0. The molecule has 2 atom stereocenters. The highest BCUT2D eigenvalue weighted by molar-refractivity contribution is 5.88. The van der Waals surface area contributed by atoms with Crippen LogP contribution in [0.25, 0.3) is 0 Å². The Hall–Kier alpha value is -3.72. The van der Waals surface area contributed by atoms with E-state index in [-0.39, 0.29) is 31.0 Å². The van der Waals surface area contributed by atoms with Crippen LogP contribution in [0.2, 0.25) is 0 Å². The van der Waals surface area contributed by atoms with Gasteiger partial charge in [0.2, 0.25) is 0 Å². The van der Waals surface area contributed by atoms with Crippen molar-refractivity contribution in [3.8, 4) is 5.75 Å². The first-order valence-electron chi connectivity index (χ1n) is 12.4. The molecule has 37 heavy (non-hydrogen) atoms. The number of nitrogens with one attached hydrogen (secondary N) is 1. The smallest absolute Gasteiger partial charge is 0.326 e. The average molecular weight is 503 g/mol. The summed E-state index contributed by atoms with van der Waals surface area (Å²) in [5.41, 5.74) is 5.58. The molecule has 192 valence electrons. The molecule has 2 aliphatic rings. The van der Waals surface area contributed by atoms with Gasteiger partial charge < -0.3 is 24.7 Å². The highest BCUT2D eigenvalue weighted by Gasteiger charge is 2.41. The number of hydrogen-bond acceptors (Lipinski definition) is 6.